The van der Waals surface area contributed by atoms with E-state index >= 15 is 0 Å². The molecule has 4 amide bonds. The van der Waals surface area contributed by atoms with E-state index in [0.717, 1.165) is 15.6 Å². The van der Waals surface area contributed by atoms with E-state index in [4.69, 9.17) is 32.7 Å². The van der Waals surface area contributed by atoms with Crippen molar-refractivity contribution in [1.29, 1.82) is 0 Å². The van der Waals surface area contributed by atoms with E-state index in [-0.39, 0.29) is 41.5 Å². The Morgan fingerprint density at radius 3 is 2.44 bits per heavy atom. The summed E-state index contributed by atoms with van der Waals surface area (Å²) in [5.41, 5.74) is 0.827. The smallest absolute Gasteiger partial charge is 0.310 e. The topological polar surface area (TPSA) is 155 Å². The minimum Gasteiger partial charge on any atom is -0.505 e. The molecule has 0 radical (unpaired) electrons. The molecule has 2 aliphatic rings. The van der Waals surface area contributed by atoms with Gasteiger partial charge in [0, 0.05) is 19.0 Å². The fraction of sp³-hybridized carbons (Fsp3) is 0.370. The number of nitrogens with zero attached hydrogens (tertiary/aromatic N) is 2. The molecule has 41 heavy (non-hydrogen) atoms. The number of aromatic hydroxyl groups is 1. The van der Waals surface area contributed by atoms with E-state index in [2.05, 4.69) is 10.6 Å². The second-order valence-corrected chi connectivity index (χ2v) is 10.4. The van der Waals surface area contributed by atoms with Crippen LogP contribution < -0.4 is 10.6 Å². The molecular weight excluding hydrogens is 579 g/mol. The van der Waals surface area contributed by atoms with Crippen LogP contribution in [0.5, 0.6) is 5.75 Å². The highest BCUT2D eigenvalue weighted by atomic mass is 35.5. The first-order valence-electron chi connectivity index (χ1n) is 12.7. The van der Waals surface area contributed by atoms with Crippen molar-refractivity contribution >= 4 is 52.8 Å². The number of hydrogen-bond acceptors (Lipinski definition) is 8. The fourth-order valence-corrected chi connectivity index (χ4v) is 4.96. The standard InChI is InChI=1S/C27H28Cl2N4O8/c1-14(24(37)31-20-12-22(35)41-27(20)40-13-15-6-4-3-5-7-15)33-26(39)19(8-9-21(34)32(33)2)30-25(38)16-10-17(28)23(36)18(29)11-16/h3-7,10-11,14,19-20,27,36H,8-9,12-13H2,1-2H3,(H,30,38)(H,31,37)/t14-,19+,20-,27+/m1/s1. The number of carbonyl (C=O) groups excluding carboxylic acids is 5. The third-order valence-electron chi connectivity index (χ3n) is 6.73. The average molecular weight is 607 g/mol. The van der Waals surface area contributed by atoms with Gasteiger partial charge in [-0.15, -0.1) is 0 Å². The lowest BCUT2D eigenvalue weighted by Crippen LogP contribution is -2.60. The summed E-state index contributed by atoms with van der Waals surface area (Å²) < 4.78 is 10.9. The van der Waals surface area contributed by atoms with Crippen LogP contribution in [-0.2, 0) is 35.3 Å². The lowest BCUT2D eigenvalue weighted by Gasteiger charge is -2.36. The maximum absolute atomic E-state index is 13.6. The number of cyclic esters (lactones) is 1. The van der Waals surface area contributed by atoms with Crippen LogP contribution in [-0.4, -0.2) is 76.2 Å². The van der Waals surface area contributed by atoms with Gasteiger partial charge in [0.05, 0.1) is 23.1 Å². The second kappa shape index (κ2) is 12.8. The Kier molecular flexibility index (Phi) is 9.36. The highest BCUT2D eigenvalue weighted by molar-refractivity contribution is 6.37. The first kappa shape index (κ1) is 30.1. The average Bonchev–Trinajstić information content (AvgIpc) is 3.26. The van der Waals surface area contributed by atoms with E-state index < -0.39 is 59.8 Å². The Labute approximate surface area is 245 Å². The highest BCUT2D eigenvalue weighted by Gasteiger charge is 2.42. The summed E-state index contributed by atoms with van der Waals surface area (Å²) in [6.07, 6.45) is -1.31. The summed E-state index contributed by atoms with van der Waals surface area (Å²) in [4.78, 5) is 64.5. The number of esters is 1. The largest absolute Gasteiger partial charge is 0.505 e. The zero-order valence-electron chi connectivity index (χ0n) is 22.1. The predicted molar refractivity (Wildman–Crippen MR) is 145 cm³/mol. The minimum absolute atomic E-state index is 0.0145. The molecule has 2 heterocycles. The highest BCUT2D eigenvalue weighted by Crippen LogP contribution is 2.32. The van der Waals surface area contributed by atoms with E-state index in [0.29, 0.717) is 0 Å². The van der Waals surface area contributed by atoms with Gasteiger partial charge in [0.1, 0.15) is 18.1 Å². The van der Waals surface area contributed by atoms with E-state index in [1.807, 2.05) is 30.3 Å². The number of phenolic OH excluding ortho intramolecular Hbond substituents is 1. The summed E-state index contributed by atoms with van der Waals surface area (Å²) in [6.45, 7) is 1.56. The van der Waals surface area contributed by atoms with Gasteiger partial charge in [0.25, 0.3) is 11.8 Å². The quantitative estimate of drug-likeness (QED) is 0.386. The molecule has 0 aromatic heterocycles. The molecular formula is C27H28Cl2N4O8. The van der Waals surface area contributed by atoms with Gasteiger partial charge < -0.3 is 25.2 Å². The van der Waals surface area contributed by atoms with E-state index in [1.54, 1.807) is 0 Å². The molecule has 0 bridgehead atoms. The zero-order valence-corrected chi connectivity index (χ0v) is 23.6. The Morgan fingerprint density at radius 1 is 1.12 bits per heavy atom. The summed E-state index contributed by atoms with van der Waals surface area (Å²) in [5, 5.41) is 16.7. The Bertz CT molecular complexity index is 1340. The number of ether oxygens (including phenoxy) is 2. The molecule has 4 rings (SSSR count). The molecule has 2 aromatic carbocycles. The summed E-state index contributed by atoms with van der Waals surface area (Å²) in [5.74, 6) is -3.50. The van der Waals surface area contributed by atoms with Crippen LogP contribution >= 0.6 is 23.2 Å². The van der Waals surface area contributed by atoms with Crippen LogP contribution in [0.3, 0.4) is 0 Å². The molecule has 2 fully saturated rings. The summed E-state index contributed by atoms with van der Waals surface area (Å²) >= 11 is 11.8. The Balaban J connectivity index is 1.46. The molecule has 2 aliphatic heterocycles. The number of hydrogen-bond donors (Lipinski definition) is 3. The lowest BCUT2D eigenvalue weighted by atomic mass is 10.1. The van der Waals surface area contributed by atoms with Gasteiger partial charge in [0.15, 0.2) is 5.75 Å². The van der Waals surface area contributed by atoms with Crippen molar-refractivity contribution < 1.29 is 38.6 Å². The fourth-order valence-electron chi connectivity index (χ4n) is 4.48. The van der Waals surface area contributed by atoms with Crippen LogP contribution in [0.1, 0.15) is 42.1 Å². The van der Waals surface area contributed by atoms with Crippen molar-refractivity contribution in [3.8, 4) is 5.75 Å². The predicted octanol–water partition coefficient (Wildman–Crippen LogP) is 2.16. The lowest BCUT2D eigenvalue weighted by molar-refractivity contribution is -0.171. The first-order chi connectivity index (χ1) is 19.5. The van der Waals surface area contributed by atoms with Crippen molar-refractivity contribution in [2.45, 2.75) is 57.2 Å². The Hall–Kier alpha value is -3.87. The van der Waals surface area contributed by atoms with Crippen LogP contribution in [0.15, 0.2) is 42.5 Å². The monoisotopic (exact) mass is 606 g/mol. The molecule has 218 valence electrons. The molecule has 2 aromatic rings. The summed E-state index contributed by atoms with van der Waals surface area (Å²) in [6, 6.07) is 8.36. The van der Waals surface area contributed by atoms with Crippen LogP contribution in [0.25, 0.3) is 0 Å². The molecule has 0 unspecified atom stereocenters. The van der Waals surface area contributed by atoms with Crippen molar-refractivity contribution in [2.75, 3.05) is 7.05 Å². The zero-order chi connectivity index (χ0) is 29.8. The van der Waals surface area contributed by atoms with Crippen LogP contribution in [0, 0.1) is 0 Å². The van der Waals surface area contributed by atoms with E-state index in [1.165, 1.54) is 26.1 Å². The van der Waals surface area contributed by atoms with Crippen molar-refractivity contribution in [2.24, 2.45) is 0 Å². The molecule has 4 atom stereocenters. The maximum atomic E-state index is 13.6. The molecule has 14 heteroatoms. The number of amides is 4. The molecule has 2 saturated heterocycles. The third-order valence-corrected chi connectivity index (χ3v) is 7.31. The van der Waals surface area contributed by atoms with Gasteiger partial charge in [-0.05, 0) is 31.0 Å². The van der Waals surface area contributed by atoms with Crippen LogP contribution in [0.4, 0.5) is 0 Å². The van der Waals surface area contributed by atoms with Gasteiger partial charge in [-0.2, -0.15) is 0 Å². The first-order valence-corrected chi connectivity index (χ1v) is 13.5. The Morgan fingerprint density at radius 2 is 1.78 bits per heavy atom. The number of rotatable bonds is 8. The number of phenols is 1. The third kappa shape index (κ3) is 6.89. The van der Waals surface area contributed by atoms with Crippen molar-refractivity contribution in [1.82, 2.24) is 20.7 Å². The number of benzene rings is 2. The van der Waals surface area contributed by atoms with Gasteiger partial charge in [-0.3, -0.25) is 29.0 Å². The molecule has 0 saturated carbocycles. The molecule has 12 nitrogen and oxygen atoms in total. The van der Waals surface area contributed by atoms with Gasteiger partial charge >= 0.3 is 5.97 Å². The SMILES string of the molecule is C[C@H](C(=O)N[C@@H]1CC(=O)O[C@@H]1OCc1ccccc1)N1C(=O)[C@@H](NC(=O)c2cc(Cl)c(O)c(Cl)c2)CCC(=O)N1C. The number of hydrazine groups is 1. The number of nitrogens with one attached hydrogen (secondary N) is 2. The molecule has 3 N–H and O–H groups in total. The van der Waals surface area contributed by atoms with Crippen LogP contribution in [0.2, 0.25) is 10.0 Å². The van der Waals surface area contributed by atoms with Crippen molar-refractivity contribution in [3.05, 3.63) is 63.6 Å². The summed E-state index contributed by atoms with van der Waals surface area (Å²) in [7, 11) is 1.35. The number of carbonyl (C=O) groups is 5. The van der Waals surface area contributed by atoms with Gasteiger partial charge in [0.2, 0.25) is 18.1 Å². The van der Waals surface area contributed by atoms with Gasteiger partial charge in [-0.25, -0.2) is 5.01 Å². The number of halogens is 2. The maximum Gasteiger partial charge on any atom is 0.310 e. The normalized spacial score (nSPS) is 21.8. The second-order valence-electron chi connectivity index (χ2n) is 9.60. The molecule has 0 spiro atoms. The van der Waals surface area contributed by atoms with E-state index in [9.17, 15) is 29.1 Å². The van der Waals surface area contributed by atoms with Crippen molar-refractivity contribution in [3.63, 3.8) is 0 Å². The molecule has 0 aliphatic carbocycles. The van der Waals surface area contributed by atoms with Gasteiger partial charge in [-0.1, -0.05) is 53.5 Å². The minimum atomic E-state index is -1.21.